The van der Waals surface area contributed by atoms with Gasteiger partial charge in [-0.1, -0.05) is 11.6 Å². The third-order valence-corrected chi connectivity index (χ3v) is 3.96. The van der Waals surface area contributed by atoms with Gasteiger partial charge in [-0.3, -0.25) is 14.4 Å². The zero-order valence-corrected chi connectivity index (χ0v) is 13.5. The van der Waals surface area contributed by atoms with Gasteiger partial charge in [-0.2, -0.15) is 0 Å². The monoisotopic (exact) mass is 357 g/mol. The zero-order valence-electron chi connectivity index (χ0n) is 12.7. The van der Waals surface area contributed by atoms with Crippen LogP contribution in [0, 0.1) is 5.82 Å². The van der Waals surface area contributed by atoms with E-state index in [9.17, 15) is 23.9 Å². The second-order valence-corrected chi connectivity index (χ2v) is 5.87. The lowest BCUT2D eigenvalue weighted by molar-refractivity contribution is -0.154. The Labute approximate surface area is 142 Å². The Morgan fingerprint density at radius 1 is 1.46 bits per heavy atom. The minimum atomic E-state index is -2.15. The van der Waals surface area contributed by atoms with Gasteiger partial charge in [0.1, 0.15) is 5.82 Å². The summed E-state index contributed by atoms with van der Waals surface area (Å²) in [5.41, 5.74) is -1.74. The van der Waals surface area contributed by atoms with Crippen LogP contribution in [-0.2, 0) is 20.9 Å². The number of nitrogens with one attached hydrogen (secondary N) is 2. The highest BCUT2D eigenvalue weighted by atomic mass is 35.5. The maximum Gasteiger partial charge on any atom is 0.264 e. The molecule has 0 aliphatic carbocycles. The van der Waals surface area contributed by atoms with Gasteiger partial charge in [0.25, 0.3) is 11.8 Å². The first-order valence-corrected chi connectivity index (χ1v) is 7.66. The topological polar surface area (TPSA) is 98.7 Å². The zero-order chi connectivity index (χ0) is 17.7. The van der Waals surface area contributed by atoms with Gasteiger partial charge in [0.15, 0.2) is 0 Å². The summed E-state index contributed by atoms with van der Waals surface area (Å²) in [4.78, 5) is 35.9. The smallest absolute Gasteiger partial charge is 0.264 e. The van der Waals surface area contributed by atoms with E-state index in [0.29, 0.717) is 12.0 Å². The van der Waals surface area contributed by atoms with Crippen molar-refractivity contribution >= 4 is 29.8 Å². The lowest BCUT2D eigenvalue weighted by Gasteiger charge is -2.21. The van der Waals surface area contributed by atoms with Gasteiger partial charge in [0.2, 0.25) is 12.0 Å². The van der Waals surface area contributed by atoms with Crippen LogP contribution < -0.4 is 10.6 Å². The van der Waals surface area contributed by atoms with Crippen molar-refractivity contribution in [1.82, 2.24) is 15.5 Å². The third-order valence-electron chi connectivity index (χ3n) is 3.74. The quantitative estimate of drug-likeness (QED) is 0.358. The second kappa shape index (κ2) is 7.59. The molecule has 1 aromatic carbocycles. The number of amides is 3. The summed E-state index contributed by atoms with van der Waals surface area (Å²) in [7, 11) is 0. The summed E-state index contributed by atoms with van der Waals surface area (Å²) in [6, 6.07) is 3.80. The van der Waals surface area contributed by atoms with Crippen molar-refractivity contribution in [3.05, 3.63) is 34.6 Å². The highest BCUT2D eigenvalue weighted by Gasteiger charge is 2.50. The fourth-order valence-electron chi connectivity index (χ4n) is 2.49. The molecule has 1 atom stereocenters. The number of carbonyl (C=O) groups excluding carboxylic acids is 3. The predicted octanol–water partition coefficient (Wildman–Crippen LogP) is -0.195. The average molecular weight is 358 g/mol. The molecule has 0 saturated carbocycles. The van der Waals surface area contributed by atoms with Crippen molar-refractivity contribution in [3.8, 4) is 0 Å². The largest absolute Gasteiger partial charge is 0.372 e. The van der Waals surface area contributed by atoms with Crippen LogP contribution in [0.4, 0.5) is 4.39 Å². The van der Waals surface area contributed by atoms with Crippen LogP contribution in [0.5, 0.6) is 0 Å². The van der Waals surface area contributed by atoms with Crippen LogP contribution in [0.25, 0.3) is 0 Å². The molecule has 0 spiro atoms. The van der Waals surface area contributed by atoms with Crippen molar-refractivity contribution in [2.24, 2.45) is 0 Å². The summed E-state index contributed by atoms with van der Waals surface area (Å²) in [5, 5.41) is 15.4. The molecular formula is C15H17ClFN3O4. The summed E-state index contributed by atoms with van der Waals surface area (Å²) >= 11 is 5.73. The third kappa shape index (κ3) is 4.01. The Morgan fingerprint density at radius 2 is 2.21 bits per heavy atom. The molecule has 2 rings (SSSR count). The molecule has 1 aliphatic heterocycles. The Balaban J connectivity index is 1.96. The fraction of sp³-hybridized carbons (Fsp3) is 0.400. The molecule has 3 amide bonds. The van der Waals surface area contributed by atoms with Gasteiger partial charge in [-0.05, 0) is 23.8 Å². The van der Waals surface area contributed by atoms with Crippen molar-refractivity contribution in [2.45, 2.75) is 18.6 Å². The Morgan fingerprint density at radius 3 is 2.88 bits per heavy atom. The maximum absolute atomic E-state index is 13.3. The van der Waals surface area contributed by atoms with Gasteiger partial charge >= 0.3 is 0 Å². The standard InChI is InChI=1S/C15H17ClFN3O4/c16-11-5-10(6-12(17)7-11)8-19-13(22)15(24)1-3-20(14(15)23)4-2-18-9-21/h5-7,9,24H,1-4,8H2,(H,18,21)(H,19,22)/t15-/m0/s1. The molecule has 0 bridgehead atoms. The van der Waals surface area contributed by atoms with Crippen LogP contribution in [0.1, 0.15) is 12.0 Å². The fourth-order valence-corrected chi connectivity index (χ4v) is 2.74. The number of hydrogen-bond donors (Lipinski definition) is 3. The molecule has 1 heterocycles. The van der Waals surface area contributed by atoms with Crippen molar-refractivity contribution in [2.75, 3.05) is 19.6 Å². The Hall–Kier alpha value is -2.19. The first-order valence-electron chi connectivity index (χ1n) is 7.29. The number of rotatable bonds is 7. The minimum absolute atomic E-state index is 0.0529. The number of benzene rings is 1. The molecule has 130 valence electrons. The van der Waals surface area contributed by atoms with Gasteiger partial charge in [-0.15, -0.1) is 0 Å². The SMILES string of the molecule is O=CNCCN1CC[C@](O)(C(=O)NCc2cc(F)cc(Cl)c2)C1=O. The maximum atomic E-state index is 13.3. The van der Waals surface area contributed by atoms with Crippen molar-refractivity contribution in [3.63, 3.8) is 0 Å². The number of halogens is 2. The van der Waals surface area contributed by atoms with E-state index in [4.69, 9.17) is 11.6 Å². The van der Waals surface area contributed by atoms with Crippen molar-refractivity contribution < 1.29 is 23.9 Å². The summed E-state index contributed by atoms with van der Waals surface area (Å²) in [6.07, 6.45) is 0.451. The highest BCUT2D eigenvalue weighted by Crippen LogP contribution is 2.23. The number of aliphatic hydroxyl groups is 1. The average Bonchev–Trinajstić information content (AvgIpc) is 2.81. The van der Waals surface area contributed by atoms with Crippen LogP contribution in [0.3, 0.4) is 0 Å². The van der Waals surface area contributed by atoms with Crippen LogP contribution in [0.2, 0.25) is 5.02 Å². The van der Waals surface area contributed by atoms with Gasteiger partial charge in [-0.25, -0.2) is 4.39 Å². The minimum Gasteiger partial charge on any atom is -0.372 e. The van der Waals surface area contributed by atoms with E-state index in [-0.39, 0.29) is 37.6 Å². The molecular weight excluding hydrogens is 341 g/mol. The normalized spacial score (nSPS) is 20.1. The molecule has 0 unspecified atom stereocenters. The van der Waals surface area contributed by atoms with Crippen LogP contribution in [0.15, 0.2) is 18.2 Å². The highest BCUT2D eigenvalue weighted by molar-refractivity contribution is 6.30. The van der Waals surface area contributed by atoms with Gasteiger partial charge in [0, 0.05) is 37.6 Å². The molecule has 1 saturated heterocycles. The number of likely N-dealkylation sites (tertiary alicyclic amines) is 1. The molecule has 1 aliphatic rings. The molecule has 7 nitrogen and oxygen atoms in total. The summed E-state index contributed by atoms with van der Waals surface area (Å²) in [6.45, 7) is 0.565. The van der Waals surface area contributed by atoms with E-state index in [2.05, 4.69) is 10.6 Å². The predicted molar refractivity (Wildman–Crippen MR) is 83.5 cm³/mol. The summed E-state index contributed by atoms with van der Waals surface area (Å²) in [5.74, 6) is -2.11. The first-order chi connectivity index (χ1) is 11.4. The van der Waals surface area contributed by atoms with Gasteiger partial charge in [0.05, 0.1) is 0 Å². The van der Waals surface area contributed by atoms with Gasteiger partial charge < -0.3 is 20.6 Å². The molecule has 0 aromatic heterocycles. The van der Waals surface area contributed by atoms with E-state index in [0.717, 1.165) is 6.07 Å². The lowest BCUT2D eigenvalue weighted by Crippen LogP contribution is -2.52. The Kier molecular flexibility index (Phi) is 5.74. The van der Waals surface area contributed by atoms with E-state index >= 15 is 0 Å². The first kappa shape index (κ1) is 18.2. The Bertz CT molecular complexity index is 637. The van der Waals surface area contributed by atoms with Crippen LogP contribution in [-0.4, -0.2) is 53.5 Å². The van der Waals surface area contributed by atoms with E-state index in [1.165, 1.54) is 17.0 Å². The lowest BCUT2D eigenvalue weighted by atomic mass is 10.0. The summed E-state index contributed by atoms with van der Waals surface area (Å²) < 4.78 is 13.3. The van der Waals surface area contributed by atoms with Crippen LogP contribution >= 0.6 is 11.6 Å². The second-order valence-electron chi connectivity index (χ2n) is 5.43. The van der Waals surface area contributed by atoms with Crippen molar-refractivity contribution in [1.29, 1.82) is 0 Å². The number of carbonyl (C=O) groups is 3. The molecule has 1 aromatic rings. The molecule has 9 heteroatoms. The van der Waals surface area contributed by atoms with E-state index in [1.807, 2.05) is 0 Å². The molecule has 24 heavy (non-hydrogen) atoms. The number of hydrogen-bond acceptors (Lipinski definition) is 4. The molecule has 3 N–H and O–H groups in total. The van der Waals surface area contributed by atoms with E-state index in [1.54, 1.807) is 0 Å². The van der Waals surface area contributed by atoms with E-state index < -0.39 is 23.2 Å². The molecule has 0 radical (unpaired) electrons. The number of nitrogens with zero attached hydrogens (tertiary/aromatic N) is 1. The molecule has 1 fully saturated rings.